The number of Topliss-reactive ketones (excluding diaryl/α,β-unsaturated/α-hetero) is 1. The number of hydrogen-bond donors (Lipinski definition) is 4. The molecule has 0 spiro atoms. The van der Waals surface area contributed by atoms with E-state index in [1.165, 1.54) is 18.6 Å². The Bertz CT molecular complexity index is 1860. The molecule has 3 fully saturated rings. The van der Waals surface area contributed by atoms with Crippen molar-refractivity contribution in [2.45, 2.75) is 115 Å². The van der Waals surface area contributed by atoms with Crippen molar-refractivity contribution >= 4 is 35.3 Å². The summed E-state index contributed by atoms with van der Waals surface area (Å²) in [6, 6.07) is -2.97. The lowest BCUT2D eigenvalue weighted by atomic mass is 9.79. The van der Waals surface area contributed by atoms with Crippen molar-refractivity contribution < 1.29 is 55.1 Å². The maximum atomic E-state index is 14.6. The third-order valence-electron chi connectivity index (χ3n) is 11.6. The zero-order valence-electron chi connectivity index (χ0n) is 32.9. The molecule has 59 heavy (non-hydrogen) atoms. The SMILES string of the molecule is CC(C)(C)[C@H](NC(=O)[C@@H](NC(=O)c1cnccn1)C1CCCCC1)C(=O)N1C[C@H](C(=O)N[C@H](CC2CCC2)C(=O)C(N)=O)[C@@H](c2cc(C(F)(F)F)cc(C(F)(F)F)c2)C1. The standard InChI is InChI=1S/C40H49F6N7O6/c1-38(2,3)32(52-36(58)30(22-10-5-4-6-11-22)51-35(57)29-18-48-12-13-49-29)37(59)53-19-26(23-15-24(39(41,42)43)17-25(16-23)40(44,45)46)27(20-53)34(56)50-28(31(54)33(47)55)14-21-8-7-9-21/h12-13,15-18,21-22,26-28,30,32H,4-11,14,19-20H2,1-3H3,(H2,47,55)(H,50,56)(H,51,57)(H,52,58)/t26-,27+,28-,30+,32-/m1/s1. The second-order valence-electron chi connectivity index (χ2n) is 16.9. The molecule has 3 aliphatic rings. The van der Waals surface area contributed by atoms with Crippen LogP contribution in [-0.4, -0.2) is 81.4 Å². The summed E-state index contributed by atoms with van der Waals surface area (Å²) in [5.41, 5.74) is 0.357. The van der Waals surface area contributed by atoms with Crippen LogP contribution in [0.25, 0.3) is 0 Å². The Labute approximate surface area is 337 Å². The average molecular weight is 838 g/mol. The van der Waals surface area contributed by atoms with Crippen LogP contribution in [0.1, 0.15) is 112 Å². The number of hydrogen-bond acceptors (Lipinski definition) is 8. The average Bonchev–Trinajstić information content (AvgIpc) is 3.61. The van der Waals surface area contributed by atoms with E-state index >= 15 is 0 Å². The first-order chi connectivity index (χ1) is 27.5. The molecule has 5 amide bonds. The van der Waals surface area contributed by atoms with Crippen LogP contribution in [0.2, 0.25) is 0 Å². The number of rotatable bonds is 13. The number of halogens is 6. The van der Waals surface area contributed by atoms with Gasteiger partial charge in [-0.15, -0.1) is 0 Å². The number of nitrogens with two attached hydrogens (primary N) is 1. The summed E-state index contributed by atoms with van der Waals surface area (Å²) in [7, 11) is 0. The molecule has 2 aliphatic carbocycles. The third kappa shape index (κ3) is 11.1. The third-order valence-corrected chi connectivity index (χ3v) is 11.6. The van der Waals surface area contributed by atoms with Crippen LogP contribution in [0.4, 0.5) is 26.3 Å². The Hall–Kier alpha value is -5.10. The smallest absolute Gasteiger partial charge is 0.363 e. The number of amides is 5. The van der Waals surface area contributed by atoms with Gasteiger partial charge in [-0.3, -0.25) is 33.8 Å². The Balaban J connectivity index is 1.49. The molecular formula is C40H49F6N7O6. The minimum atomic E-state index is -5.22. The summed E-state index contributed by atoms with van der Waals surface area (Å²) in [5, 5.41) is 7.97. The Morgan fingerprint density at radius 1 is 0.814 bits per heavy atom. The van der Waals surface area contributed by atoms with Gasteiger partial charge in [-0.25, -0.2) is 4.98 Å². The van der Waals surface area contributed by atoms with Gasteiger partial charge in [0.1, 0.15) is 17.8 Å². The Morgan fingerprint density at radius 2 is 1.44 bits per heavy atom. The summed E-state index contributed by atoms with van der Waals surface area (Å²) in [5.74, 6) is -8.97. The minimum Gasteiger partial charge on any atom is -0.363 e. The maximum absolute atomic E-state index is 14.6. The first-order valence-corrected chi connectivity index (χ1v) is 19.6. The molecule has 0 bridgehead atoms. The largest absolute Gasteiger partial charge is 0.416 e. The van der Waals surface area contributed by atoms with Crippen LogP contribution in [-0.2, 0) is 36.3 Å². The van der Waals surface area contributed by atoms with E-state index < -0.39 is 113 Å². The first-order valence-electron chi connectivity index (χ1n) is 19.6. The van der Waals surface area contributed by atoms with Gasteiger partial charge >= 0.3 is 12.4 Å². The van der Waals surface area contributed by atoms with Crippen molar-refractivity contribution in [3.63, 3.8) is 0 Å². The van der Waals surface area contributed by atoms with E-state index in [1.807, 2.05) is 0 Å². The summed E-state index contributed by atoms with van der Waals surface area (Å²) in [6.45, 7) is 3.80. The van der Waals surface area contributed by atoms with Gasteiger partial charge in [0.25, 0.3) is 11.8 Å². The number of carbonyl (C=O) groups is 6. The highest BCUT2D eigenvalue weighted by Gasteiger charge is 2.48. The minimum absolute atomic E-state index is 0.0308. The molecule has 5 N–H and O–H groups in total. The van der Waals surface area contributed by atoms with Gasteiger partial charge in [-0.05, 0) is 60.3 Å². The maximum Gasteiger partial charge on any atom is 0.416 e. The van der Waals surface area contributed by atoms with Crippen LogP contribution in [0, 0.1) is 23.2 Å². The van der Waals surface area contributed by atoms with E-state index in [0.29, 0.717) is 37.8 Å². The molecule has 2 heterocycles. The Morgan fingerprint density at radius 3 is 1.95 bits per heavy atom. The summed E-state index contributed by atoms with van der Waals surface area (Å²) >= 11 is 0. The molecule has 0 radical (unpaired) electrons. The van der Waals surface area contributed by atoms with Crippen LogP contribution < -0.4 is 21.7 Å². The van der Waals surface area contributed by atoms with Gasteiger partial charge in [-0.1, -0.05) is 59.3 Å². The molecule has 5 atom stereocenters. The molecule has 1 aromatic carbocycles. The number of carbonyl (C=O) groups excluding carboxylic acids is 6. The molecule has 322 valence electrons. The second kappa shape index (κ2) is 18.0. The molecule has 1 aliphatic heterocycles. The topological polar surface area (TPSA) is 194 Å². The van der Waals surface area contributed by atoms with Gasteiger partial charge in [-0.2, -0.15) is 26.3 Å². The zero-order chi connectivity index (χ0) is 43.4. The molecule has 1 aromatic heterocycles. The molecule has 1 saturated heterocycles. The van der Waals surface area contributed by atoms with E-state index in [0.717, 1.165) is 30.6 Å². The van der Waals surface area contributed by atoms with Crippen LogP contribution in [0.3, 0.4) is 0 Å². The lowest BCUT2D eigenvalue weighted by Crippen LogP contribution is -2.60. The number of nitrogens with zero attached hydrogens (tertiary/aromatic N) is 3. The van der Waals surface area contributed by atoms with Crippen molar-refractivity contribution in [2.24, 2.45) is 28.9 Å². The highest BCUT2D eigenvalue weighted by molar-refractivity contribution is 6.37. The van der Waals surface area contributed by atoms with E-state index in [4.69, 9.17) is 5.73 Å². The number of likely N-dealkylation sites (tertiary alicyclic amines) is 1. The van der Waals surface area contributed by atoms with Crippen molar-refractivity contribution in [3.05, 3.63) is 59.2 Å². The molecule has 2 aromatic rings. The molecule has 0 unspecified atom stereocenters. The van der Waals surface area contributed by atoms with Gasteiger partial charge in [0, 0.05) is 31.4 Å². The summed E-state index contributed by atoms with van der Waals surface area (Å²) < 4.78 is 84.3. The molecule has 5 rings (SSSR count). The van der Waals surface area contributed by atoms with Gasteiger partial charge in [0.15, 0.2) is 0 Å². The van der Waals surface area contributed by atoms with E-state index in [9.17, 15) is 55.1 Å². The second-order valence-corrected chi connectivity index (χ2v) is 16.9. The Kier molecular flexibility index (Phi) is 13.7. The number of ketones is 1. The quantitative estimate of drug-likeness (QED) is 0.165. The normalized spacial score (nSPS) is 20.8. The van der Waals surface area contributed by atoms with Crippen molar-refractivity contribution in [3.8, 4) is 0 Å². The fourth-order valence-corrected chi connectivity index (χ4v) is 8.08. The highest BCUT2D eigenvalue weighted by Crippen LogP contribution is 2.42. The predicted octanol–water partition coefficient (Wildman–Crippen LogP) is 4.70. The van der Waals surface area contributed by atoms with E-state index in [2.05, 4.69) is 25.9 Å². The van der Waals surface area contributed by atoms with Crippen molar-refractivity contribution in [1.29, 1.82) is 0 Å². The monoisotopic (exact) mass is 837 g/mol. The molecule has 19 heteroatoms. The molecule has 13 nitrogen and oxygen atoms in total. The number of alkyl halides is 6. The number of aromatic nitrogens is 2. The number of benzene rings is 1. The zero-order valence-corrected chi connectivity index (χ0v) is 32.9. The molecule has 2 saturated carbocycles. The molecular weight excluding hydrogens is 788 g/mol. The number of nitrogens with one attached hydrogen (secondary N) is 3. The fraction of sp³-hybridized carbons (Fsp3) is 0.600. The number of primary amides is 1. The van der Waals surface area contributed by atoms with Crippen LogP contribution in [0.5, 0.6) is 0 Å². The van der Waals surface area contributed by atoms with E-state index in [-0.39, 0.29) is 30.0 Å². The lowest BCUT2D eigenvalue weighted by molar-refractivity contribution is -0.143. The van der Waals surface area contributed by atoms with Crippen LogP contribution in [0.15, 0.2) is 36.8 Å². The summed E-state index contributed by atoms with van der Waals surface area (Å²) in [6.07, 6.45) is -0.589. The van der Waals surface area contributed by atoms with E-state index in [1.54, 1.807) is 20.8 Å². The summed E-state index contributed by atoms with van der Waals surface area (Å²) in [4.78, 5) is 89.9. The highest BCUT2D eigenvalue weighted by atomic mass is 19.4. The van der Waals surface area contributed by atoms with Gasteiger partial charge in [0.2, 0.25) is 23.5 Å². The van der Waals surface area contributed by atoms with Crippen molar-refractivity contribution in [1.82, 2.24) is 30.8 Å². The van der Waals surface area contributed by atoms with Gasteiger partial charge in [0.05, 0.1) is 29.3 Å². The lowest BCUT2D eigenvalue weighted by Gasteiger charge is -2.36. The first kappa shape index (κ1) is 45.0. The van der Waals surface area contributed by atoms with Gasteiger partial charge < -0.3 is 26.6 Å². The fourth-order valence-electron chi connectivity index (χ4n) is 8.08. The predicted molar refractivity (Wildman–Crippen MR) is 199 cm³/mol. The van der Waals surface area contributed by atoms with Crippen LogP contribution >= 0.6 is 0 Å². The van der Waals surface area contributed by atoms with Crippen molar-refractivity contribution in [2.75, 3.05) is 13.1 Å².